The molecule has 30 heavy (non-hydrogen) atoms. The summed E-state index contributed by atoms with van der Waals surface area (Å²) in [5, 5.41) is 0. The number of carbonyl (C=O) groups is 2. The van der Waals surface area contributed by atoms with Gasteiger partial charge in [-0.1, -0.05) is 97.6 Å². The molecular weight excluding hydrogens is 376 g/mol. The summed E-state index contributed by atoms with van der Waals surface area (Å²) in [6.07, 6.45) is 12.1. The first kappa shape index (κ1) is 26.2. The van der Waals surface area contributed by atoms with E-state index in [1.165, 1.54) is 51.4 Å². The number of unbranched alkanes of at least 4 members (excludes halogenated alkanes) is 9. The second-order valence-corrected chi connectivity index (χ2v) is 9.28. The van der Waals surface area contributed by atoms with E-state index in [-0.39, 0.29) is 22.6 Å². The highest BCUT2D eigenvalue weighted by Gasteiger charge is 2.26. The first-order chi connectivity index (χ1) is 14.3. The lowest BCUT2D eigenvalue weighted by molar-refractivity contribution is 0.00437. The molecule has 4 heteroatoms. The Kier molecular flexibility index (Phi) is 12.4. The normalized spacial score (nSPS) is 12.4. The standard InChI is InChI=1S/C26H42O4/c1-6-7-8-9-10-11-12-13-14-17-20-29-24(27)22-18-15-16-19-23(22)25(28)30-21(2)26(3,4)5/h15-16,18-19,21H,6-14,17,20H2,1-5H3. The Morgan fingerprint density at radius 3 is 1.77 bits per heavy atom. The molecule has 0 aliphatic carbocycles. The molecule has 1 rings (SSSR count). The Bertz CT molecular complexity index is 630. The Morgan fingerprint density at radius 1 is 0.800 bits per heavy atom. The molecule has 0 radical (unpaired) electrons. The van der Waals surface area contributed by atoms with Crippen molar-refractivity contribution in [1.29, 1.82) is 0 Å². The van der Waals surface area contributed by atoms with Gasteiger partial charge < -0.3 is 9.47 Å². The van der Waals surface area contributed by atoms with Gasteiger partial charge in [0.15, 0.2) is 0 Å². The first-order valence-electron chi connectivity index (χ1n) is 11.7. The fraction of sp³-hybridized carbons (Fsp3) is 0.692. The molecule has 1 unspecified atom stereocenters. The van der Waals surface area contributed by atoms with Crippen molar-refractivity contribution in [2.45, 2.75) is 105 Å². The van der Waals surface area contributed by atoms with Crippen LogP contribution in [0.15, 0.2) is 24.3 Å². The molecule has 1 aromatic carbocycles. The Hall–Kier alpha value is -1.84. The van der Waals surface area contributed by atoms with E-state index in [0.29, 0.717) is 6.61 Å². The van der Waals surface area contributed by atoms with Crippen LogP contribution in [0.1, 0.15) is 120 Å². The van der Waals surface area contributed by atoms with Crippen LogP contribution in [-0.4, -0.2) is 24.6 Å². The molecule has 0 N–H and O–H groups in total. The maximum absolute atomic E-state index is 12.6. The number of rotatable bonds is 14. The molecular formula is C26H42O4. The predicted molar refractivity (Wildman–Crippen MR) is 123 cm³/mol. The second kappa shape index (κ2) is 14.2. The molecule has 0 aliphatic heterocycles. The summed E-state index contributed by atoms with van der Waals surface area (Å²) in [6, 6.07) is 6.71. The van der Waals surface area contributed by atoms with Gasteiger partial charge in [-0.3, -0.25) is 0 Å². The third-order valence-electron chi connectivity index (χ3n) is 5.60. The molecule has 1 atom stereocenters. The van der Waals surface area contributed by atoms with Gasteiger partial charge in [0, 0.05) is 0 Å². The molecule has 0 fully saturated rings. The SMILES string of the molecule is CCCCCCCCCCCCOC(=O)c1ccccc1C(=O)OC(C)C(C)(C)C. The fourth-order valence-electron chi connectivity index (χ4n) is 3.07. The first-order valence-corrected chi connectivity index (χ1v) is 11.7. The van der Waals surface area contributed by atoms with Crippen LogP contribution in [-0.2, 0) is 9.47 Å². The average Bonchev–Trinajstić information content (AvgIpc) is 2.71. The van der Waals surface area contributed by atoms with E-state index in [0.717, 1.165) is 12.8 Å². The lowest BCUT2D eigenvalue weighted by atomic mass is 9.90. The molecule has 0 saturated carbocycles. The van der Waals surface area contributed by atoms with Crippen LogP contribution in [0.4, 0.5) is 0 Å². The molecule has 0 heterocycles. The molecule has 0 aromatic heterocycles. The molecule has 4 nitrogen and oxygen atoms in total. The van der Waals surface area contributed by atoms with Gasteiger partial charge in [-0.05, 0) is 30.9 Å². The average molecular weight is 419 g/mol. The fourth-order valence-corrected chi connectivity index (χ4v) is 3.07. The lowest BCUT2D eigenvalue weighted by Gasteiger charge is -2.27. The summed E-state index contributed by atoms with van der Waals surface area (Å²) >= 11 is 0. The molecule has 0 amide bonds. The number of esters is 2. The molecule has 0 spiro atoms. The van der Waals surface area contributed by atoms with Gasteiger partial charge >= 0.3 is 11.9 Å². The van der Waals surface area contributed by atoms with E-state index >= 15 is 0 Å². The number of benzene rings is 1. The zero-order valence-electron chi connectivity index (χ0n) is 19.8. The maximum atomic E-state index is 12.6. The van der Waals surface area contributed by atoms with Crippen molar-refractivity contribution in [2.75, 3.05) is 6.61 Å². The van der Waals surface area contributed by atoms with E-state index in [2.05, 4.69) is 6.92 Å². The summed E-state index contributed by atoms with van der Waals surface area (Å²) in [5.74, 6) is -0.939. The summed E-state index contributed by atoms with van der Waals surface area (Å²) in [6.45, 7) is 10.5. The van der Waals surface area contributed by atoms with Gasteiger partial charge in [0.05, 0.1) is 17.7 Å². The van der Waals surface area contributed by atoms with Gasteiger partial charge in [-0.15, -0.1) is 0 Å². The summed E-state index contributed by atoms with van der Waals surface area (Å²) in [7, 11) is 0. The monoisotopic (exact) mass is 418 g/mol. The minimum Gasteiger partial charge on any atom is -0.462 e. The van der Waals surface area contributed by atoms with Crippen molar-refractivity contribution in [3.63, 3.8) is 0 Å². The Morgan fingerprint density at radius 2 is 1.27 bits per heavy atom. The minimum atomic E-state index is -0.482. The van der Waals surface area contributed by atoms with Crippen molar-refractivity contribution < 1.29 is 19.1 Å². The Labute approximate surface area is 183 Å². The van der Waals surface area contributed by atoms with Gasteiger partial charge in [0.1, 0.15) is 6.10 Å². The smallest absolute Gasteiger partial charge is 0.339 e. The third kappa shape index (κ3) is 10.3. The van der Waals surface area contributed by atoms with Crippen LogP contribution in [0.2, 0.25) is 0 Å². The van der Waals surface area contributed by atoms with Gasteiger partial charge in [-0.25, -0.2) is 9.59 Å². The van der Waals surface area contributed by atoms with Crippen LogP contribution in [0.3, 0.4) is 0 Å². The van der Waals surface area contributed by atoms with E-state index in [1.807, 2.05) is 27.7 Å². The van der Waals surface area contributed by atoms with Crippen molar-refractivity contribution in [2.24, 2.45) is 5.41 Å². The highest BCUT2D eigenvalue weighted by molar-refractivity contribution is 6.03. The molecule has 0 bridgehead atoms. The highest BCUT2D eigenvalue weighted by atomic mass is 16.5. The molecule has 170 valence electrons. The van der Waals surface area contributed by atoms with Gasteiger partial charge in [0.2, 0.25) is 0 Å². The molecule has 0 saturated heterocycles. The predicted octanol–water partition coefficient (Wildman–Crippen LogP) is 7.36. The Balaban J connectivity index is 2.35. The number of ether oxygens (including phenoxy) is 2. The quantitative estimate of drug-likeness (QED) is 0.234. The third-order valence-corrected chi connectivity index (χ3v) is 5.60. The largest absolute Gasteiger partial charge is 0.462 e. The van der Waals surface area contributed by atoms with Crippen molar-refractivity contribution >= 4 is 11.9 Å². The van der Waals surface area contributed by atoms with E-state index in [4.69, 9.17) is 9.47 Å². The van der Waals surface area contributed by atoms with Crippen molar-refractivity contribution in [1.82, 2.24) is 0 Å². The summed E-state index contributed by atoms with van der Waals surface area (Å²) in [5.41, 5.74) is 0.373. The topological polar surface area (TPSA) is 52.6 Å². The number of carbonyl (C=O) groups excluding carboxylic acids is 2. The minimum absolute atomic E-state index is 0.166. The van der Waals surface area contributed by atoms with E-state index in [9.17, 15) is 9.59 Å². The lowest BCUT2D eigenvalue weighted by Crippen LogP contribution is -2.29. The molecule has 1 aromatic rings. The van der Waals surface area contributed by atoms with Gasteiger partial charge in [0.25, 0.3) is 0 Å². The van der Waals surface area contributed by atoms with Crippen LogP contribution < -0.4 is 0 Å². The number of hydrogen-bond acceptors (Lipinski definition) is 4. The zero-order valence-corrected chi connectivity index (χ0v) is 19.8. The van der Waals surface area contributed by atoms with Crippen LogP contribution >= 0.6 is 0 Å². The van der Waals surface area contributed by atoms with Gasteiger partial charge in [-0.2, -0.15) is 0 Å². The van der Waals surface area contributed by atoms with Crippen LogP contribution in [0, 0.1) is 5.41 Å². The van der Waals surface area contributed by atoms with Crippen molar-refractivity contribution in [3.05, 3.63) is 35.4 Å². The zero-order chi connectivity index (χ0) is 22.4. The summed E-state index contributed by atoms with van der Waals surface area (Å²) in [4.78, 5) is 25.0. The highest BCUT2D eigenvalue weighted by Crippen LogP contribution is 2.23. The summed E-state index contributed by atoms with van der Waals surface area (Å²) < 4.78 is 11.0. The van der Waals surface area contributed by atoms with Crippen molar-refractivity contribution in [3.8, 4) is 0 Å². The molecule has 0 aliphatic rings. The second-order valence-electron chi connectivity index (χ2n) is 9.28. The van der Waals surface area contributed by atoms with E-state index < -0.39 is 11.9 Å². The van der Waals surface area contributed by atoms with Crippen LogP contribution in [0.25, 0.3) is 0 Å². The van der Waals surface area contributed by atoms with E-state index in [1.54, 1.807) is 24.3 Å². The van der Waals surface area contributed by atoms with Crippen LogP contribution in [0.5, 0.6) is 0 Å². The number of hydrogen-bond donors (Lipinski definition) is 0. The maximum Gasteiger partial charge on any atom is 0.339 e.